The molecule has 0 radical (unpaired) electrons. The van der Waals surface area contributed by atoms with E-state index in [1.165, 1.54) is 0 Å². The highest BCUT2D eigenvalue weighted by Crippen LogP contribution is 2.97. The Balaban J connectivity index is 2.02. The molecule has 10 nitrogen and oxygen atoms in total. The van der Waals surface area contributed by atoms with E-state index >= 15 is 0 Å². The molecule has 6 bridgehead atoms. The zero-order chi connectivity index (χ0) is 20.2. The highest BCUT2D eigenvalue weighted by atomic mass is 16.5. The zero-order valence-electron chi connectivity index (χ0n) is 15.2. The molecule has 0 aromatic rings. The largest absolute Gasteiger partial charge is 0.468 e. The fraction of sp³-hybridized carbons (Fsp3) is 0.765. The average molecular weight is 384 g/mol. The van der Waals surface area contributed by atoms with Crippen LogP contribution in [0.5, 0.6) is 0 Å². The van der Waals surface area contributed by atoms with Gasteiger partial charge in [0, 0.05) is 0 Å². The van der Waals surface area contributed by atoms with Crippen molar-refractivity contribution in [2.24, 2.45) is 33.5 Å². The van der Waals surface area contributed by atoms with E-state index in [2.05, 4.69) is 0 Å². The number of carbonyl (C=O) groups is 4. The van der Waals surface area contributed by atoms with E-state index in [1.807, 2.05) is 0 Å². The molecule has 2 N–H and O–H groups in total. The van der Waals surface area contributed by atoms with Crippen molar-refractivity contribution in [3.63, 3.8) is 0 Å². The van der Waals surface area contributed by atoms with Gasteiger partial charge in [-0.2, -0.15) is 0 Å². The summed E-state index contributed by atoms with van der Waals surface area (Å²) in [5, 5.41) is 22.5. The summed E-state index contributed by atoms with van der Waals surface area (Å²) in [6.45, 7) is 0. The molecule has 27 heavy (non-hydrogen) atoms. The van der Waals surface area contributed by atoms with Crippen molar-refractivity contribution < 1.29 is 48.3 Å². The van der Waals surface area contributed by atoms with Crippen molar-refractivity contribution in [1.29, 1.82) is 0 Å². The van der Waals surface area contributed by atoms with Gasteiger partial charge < -0.3 is 29.2 Å². The first kappa shape index (κ1) is 18.2. The molecule has 4 unspecified atom stereocenters. The molecule has 8 atom stereocenters. The standard InChI is InChI=1S/C17H20O10/c1-24-10(20)14-6-5-7-16(8(14)18,12(22)26-3)17(7,13(23)27-4)9(19)15(6,14)11(21)25-2/h6-9,18-19H,5H2,1-4H3/t6?,7?,8?,9?,14-,15+,16+,17-. The Labute approximate surface area is 153 Å². The quantitative estimate of drug-likeness (QED) is 0.413. The number of ether oxygens (including phenoxy) is 4. The first-order valence-electron chi connectivity index (χ1n) is 8.41. The molecule has 0 spiro atoms. The molecule has 10 heteroatoms. The van der Waals surface area contributed by atoms with Gasteiger partial charge in [0.25, 0.3) is 0 Å². The van der Waals surface area contributed by atoms with E-state index in [9.17, 15) is 29.4 Å². The van der Waals surface area contributed by atoms with Crippen LogP contribution in [0.4, 0.5) is 0 Å². The minimum Gasteiger partial charge on any atom is -0.468 e. The summed E-state index contributed by atoms with van der Waals surface area (Å²) in [6.07, 6.45) is -3.51. The van der Waals surface area contributed by atoms with E-state index in [4.69, 9.17) is 18.9 Å². The Hall–Kier alpha value is -2.20. The number of rotatable bonds is 4. The molecule has 0 heterocycles. The van der Waals surface area contributed by atoms with Crippen molar-refractivity contribution in [2.45, 2.75) is 18.6 Å². The van der Waals surface area contributed by atoms with Gasteiger partial charge in [-0.05, 0) is 18.3 Å². The molecule has 5 fully saturated rings. The van der Waals surface area contributed by atoms with Crippen LogP contribution in [0.25, 0.3) is 0 Å². The summed E-state index contributed by atoms with van der Waals surface area (Å²) < 4.78 is 19.3. The predicted molar refractivity (Wildman–Crippen MR) is 81.4 cm³/mol. The molecule has 5 rings (SSSR count). The first-order valence-corrected chi connectivity index (χ1v) is 8.41. The van der Waals surface area contributed by atoms with E-state index in [0.29, 0.717) is 0 Å². The minimum absolute atomic E-state index is 0.0581. The van der Waals surface area contributed by atoms with Gasteiger partial charge in [-0.25, -0.2) is 0 Å². The number of hydrogen-bond donors (Lipinski definition) is 2. The van der Waals surface area contributed by atoms with Gasteiger partial charge in [0.05, 0.1) is 40.6 Å². The molecular formula is C17H20O10. The molecule has 148 valence electrons. The third-order valence-corrected chi connectivity index (χ3v) is 7.69. The number of hydrogen-bond acceptors (Lipinski definition) is 10. The third-order valence-electron chi connectivity index (χ3n) is 7.69. The molecule has 0 amide bonds. The van der Waals surface area contributed by atoms with Gasteiger partial charge in [-0.15, -0.1) is 0 Å². The Morgan fingerprint density at radius 3 is 1.04 bits per heavy atom. The lowest BCUT2D eigenvalue weighted by Crippen LogP contribution is -2.61. The molecule has 0 aromatic carbocycles. The summed E-state index contributed by atoms with van der Waals surface area (Å²) >= 11 is 0. The number of esters is 4. The molecule has 5 saturated carbocycles. The Kier molecular flexibility index (Phi) is 3.23. The van der Waals surface area contributed by atoms with Crippen molar-refractivity contribution in [3.05, 3.63) is 0 Å². The van der Waals surface area contributed by atoms with Crippen LogP contribution in [0.3, 0.4) is 0 Å². The second kappa shape index (κ2) is 4.79. The highest BCUT2D eigenvalue weighted by Gasteiger charge is 3.11. The topological polar surface area (TPSA) is 146 Å². The molecule has 0 aromatic heterocycles. The monoisotopic (exact) mass is 384 g/mol. The van der Waals surface area contributed by atoms with Crippen molar-refractivity contribution in [2.75, 3.05) is 28.4 Å². The maximum atomic E-state index is 12.7. The van der Waals surface area contributed by atoms with Crippen LogP contribution in [0.2, 0.25) is 0 Å². The van der Waals surface area contributed by atoms with Gasteiger partial charge in [0.15, 0.2) is 0 Å². The van der Waals surface area contributed by atoms with Gasteiger partial charge in [0.1, 0.15) is 21.7 Å². The predicted octanol–water partition coefficient (Wildman–Crippen LogP) is -1.98. The lowest BCUT2D eigenvalue weighted by atomic mass is 9.64. The van der Waals surface area contributed by atoms with E-state index in [1.54, 1.807) is 0 Å². The van der Waals surface area contributed by atoms with Crippen LogP contribution in [-0.4, -0.2) is 74.7 Å². The van der Waals surface area contributed by atoms with Gasteiger partial charge >= 0.3 is 23.9 Å². The fourth-order valence-electron chi connectivity index (χ4n) is 6.94. The second-order valence-corrected chi connectivity index (χ2v) is 7.59. The molecule has 0 aliphatic heterocycles. The second-order valence-electron chi connectivity index (χ2n) is 7.59. The SMILES string of the molecule is COC(=O)[C@]12C(O)[C@]3(C(=O)OC)C4CC1[C@@]2(C(=O)OC)C(O)[C@@]43C(=O)OC. The van der Waals surface area contributed by atoms with Crippen LogP contribution >= 0.6 is 0 Å². The molecule has 0 saturated heterocycles. The lowest BCUT2D eigenvalue weighted by Gasteiger charge is -2.41. The maximum Gasteiger partial charge on any atom is 0.316 e. The number of methoxy groups -OCH3 is 4. The van der Waals surface area contributed by atoms with Crippen LogP contribution in [0, 0.1) is 33.5 Å². The first-order chi connectivity index (χ1) is 12.7. The summed E-state index contributed by atoms with van der Waals surface area (Å²) in [5.41, 5.74) is -7.58. The van der Waals surface area contributed by atoms with E-state index in [-0.39, 0.29) is 6.42 Å². The Morgan fingerprint density at radius 1 is 0.630 bits per heavy atom. The third kappa shape index (κ3) is 1.23. The van der Waals surface area contributed by atoms with Crippen molar-refractivity contribution >= 4 is 23.9 Å². The van der Waals surface area contributed by atoms with Gasteiger partial charge in [0.2, 0.25) is 0 Å². The van der Waals surface area contributed by atoms with Crippen LogP contribution in [0.1, 0.15) is 6.42 Å². The molecule has 5 aliphatic rings. The summed E-state index contributed by atoms with van der Waals surface area (Å²) in [7, 11) is 4.30. The minimum atomic E-state index is -1.90. The Morgan fingerprint density at radius 2 is 0.852 bits per heavy atom. The van der Waals surface area contributed by atoms with Crippen molar-refractivity contribution in [1.82, 2.24) is 0 Å². The van der Waals surface area contributed by atoms with Crippen LogP contribution in [0.15, 0.2) is 0 Å². The lowest BCUT2D eigenvalue weighted by molar-refractivity contribution is -0.199. The van der Waals surface area contributed by atoms with Crippen molar-refractivity contribution in [3.8, 4) is 0 Å². The van der Waals surface area contributed by atoms with Crippen LogP contribution < -0.4 is 0 Å². The highest BCUT2D eigenvalue weighted by molar-refractivity contribution is 6.07. The fourth-order valence-corrected chi connectivity index (χ4v) is 6.94. The summed E-state index contributed by atoms with van der Waals surface area (Å²) in [4.78, 5) is 51.0. The van der Waals surface area contributed by atoms with E-state index < -0.39 is 69.6 Å². The van der Waals surface area contributed by atoms with Crippen LogP contribution in [-0.2, 0) is 38.1 Å². The number of aliphatic hydroxyl groups excluding tert-OH is 2. The normalized spacial score (nSPS) is 50.1. The smallest absolute Gasteiger partial charge is 0.316 e. The zero-order valence-corrected chi connectivity index (χ0v) is 15.2. The Bertz CT molecular complexity index is 669. The molecule has 5 aliphatic carbocycles. The number of carbonyl (C=O) groups excluding carboxylic acids is 4. The average Bonchev–Trinajstić information content (AvgIpc) is 3.54. The number of aliphatic hydroxyl groups is 2. The summed E-state index contributed by atoms with van der Waals surface area (Å²) in [5.74, 6) is -5.46. The van der Waals surface area contributed by atoms with E-state index in [0.717, 1.165) is 28.4 Å². The van der Waals surface area contributed by atoms with Gasteiger partial charge in [-0.1, -0.05) is 0 Å². The van der Waals surface area contributed by atoms with Gasteiger partial charge in [-0.3, -0.25) is 19.2 Å². The summed E-state index contributed by atoms with van der Waals surface area (Å²) in [6, 6.07) is 0. The maximum absolute atomic E-state index is 12.7. The molecular weight excluding hydrogens is 364 g/mol.